The highest BCUT2D eigenvalue weighted by Crippen LogP contribution is 2.48. The van der Waals surface area contributed by atoms with Crippen LogP contribution in [0.25, 0.3) is 0 Å². The molecular formula is C9H15N3O2S. The molecule has 1 aliphatic carbocycles. The van der Waals surface area contributed by atoms with E-state index in [0.29, 0.717) is 12.5 Å². The molecule has 1 aromatic rings. The van der Waals surface area contributed by atoms with Gasteiger partial charge in [0.1, 0.15) is 9.84 Å². The molecule has 0 spiro atoms. The molecule has 1 aromatic heterocycles. The van der Waals surface area contributed by atoms with E-state index < -0.39 is 9.84 Å². The summed E-state index contributed by atoms with van der Waals surface area (Å²) in [5.74, 6) is 0.701. The molecule has 0 atom stereocenters. The van der Waals surface area contributed by atoms with Crippen LogP contribution in [0.3, 0.4) is 0 Å². The Kier molecular flexibility index (Phi) is 2.26. The second-order valence-corrected chi connectivity index (χ2v) is 6.62. The first-order chi connectivity index (χ1) is 6.90. The van der Waals surface area contributed by atoms with Crippen molar-refractivity contribution in [3.8, 4) is 0 Å². The zero-order chi connectivity index (χ0) is 11.1. The molecule has 0 saturated heterocycles. The Hall–Kier alpha value is -1.04. The molecule has 0 radical (unpaired) electrons. The summed E-state index contributed by atoms with van der Waals surface area (Å²) in [6, 6.07) is 0. The Bertz CT molecular complexity index is 459. The molecular weight excluding hydrogens is 214 g/mol. The lowest BCUT2D eigenvalue weighted by Crippen LogP contribution is -2.22. The Labute approximate surface area is 89.2 Å². The van der Waals surface area contributed by atoms with Gasteiger partial charge in [-0.2, -0.15) is 0 Å². The summed E-state index contributed by atoms with van der Waals surface area (Å²) in [6.07, 6.45) is 6.61. The van der Waals surface area contributed by atoms with E-state index in [4.69, 9.17) is 5.73 Å². The number of rotatable bonds is 4. The highest BCUT2D eigenvalue weighted by molar-refractivity contribution is 7.90. The van der Waals surface area contributed by atoms with E-state index in [1.165, 1.54) is 6.26 Å². The Morgan fingerprint density at radius 1 is 1.60 bits per heavy atom. The molecule has 84 valence electrons. The molecule has 5 nitrogen and oxygen atoms in total. The lowest BCUT2D eigenvalue weighted by molar-refractivity contribution is 0.464. The van der Waals surface area contributed by atoms with Crippen LogP contribution < -0.4 is 5.73 Å². The lowest BCUT2D eigenvalue weighted by Gasteiger charge is -2.15. The van der Waals surface area contributed by atoms with Crippen LogP contribution in [0.5, 0.6) is 0 Å². The van der Waals surface area contributed by atoms with Gasteiger partial charge in [-0.25, -0.2) is 13.4 Å². The number of aromatic nitrogens is 2. The third-order valence-corrected chi connectivity index (χ3v) is 3.92. The van der Waals surface area contributed by atoms with Crippen LogP contribution in [0.15, 0.2) is 12.4 Å². The predicted octanol–water partition coefficient (Wildman–Crippen LogP) is 0.290. The van der Waals surface area contributed by atoms with E-state index in [9.17, 15) is 8.42 Å². The van der Waals surface area contributed by atoms with Crippen LogP contribution >= 0.6 is 0 Å². The van der Waals surface area contributed by atoms with Gasteiger partial charge in [-0.05, 0) is 12.8 Å². The third-order valence-electron chi connectivity index (χ3n) is 2.78. The molecule has 1 heterocycles. The average Bonchev–Trinajstić information content (AvgIpc) is 2.68. The van der Waals surface area contributed by atoms with Gasteiger partial charge < -0.3 is 10.3 Å². The van der Waals surface area contributed by atoms with Crippen LogP contribution in [-0.2, 0) is 16.4 Å². The zero-order valence-corrected chi connectivity index (χ0v) is 9.50. The van der Waals surface area contributed by atoms with Crippen molar-refractivity contribution in [2.24, 2.45) is 5.41 Å². The van der Waals surface area contributed by atoms with E-state index in [1.54, 1.807) is 12.4 Å². The third kappa shape index (κ3) is 2.50. The first kappa shape index (κ1) is 10.5. The number of imidazole rings is 1. The number of sulfone groups is 1. The van der Waals surface area contributed by atoms with Crippen molar-refractivity contribution in [2.45, 2.75) is 19.4 Å². The van der Waals surface area contributed by atoms with Crippen LogP contribution in [0.4, 0.5) is 5.95 Å². The van der Waals surface area contributed by atoms with Crippen LogP contribution in [0, 0.1) is 5.41 Å². The summed E-state index contributed by atoms with van der Waals surface area (Å²) in [5.41, 5.74) is 5.55. The molecule has 1 fully saturated rings. The fourth-order valence-electron chi connectivity index (χ4n) is 1.92. The summed E-state index contributed by atoms with van der Waals surface area (Å²) >= 11 is 0. The number of anilines is 1. The molecule has 6 heteroatoms. The van der Waals surface area contributed by atoms with Gasteiger partial charge >= 0.3 is 0 Å². The van der Waals surface area contributed by atoms with E-state index >= 15 is 0 Å². The van der Waals surface area contributed by atoms with Gasteiger partial charge in [-0.15, -0.1) is 0 Å². The van der Waals surface area contributed by atoms with Gasteiger partial charge in [0.25, 0.3) is 0 Å². The number of hydrogen-bond acceptors (Lipinski definition) is 4. The first-order valence-electron chi connectivity index (χ1n) is 4.85. The van der Waals surface area contributed by atoms with Gasteiger partial charge in [-0.1, -0.05) is 0 Å². The topological polar surface area (TPSA) is 78.0 Å². The van der Waals surface area contributed by atoms with Gasteiger partial charge in [0.15, 0.2) is 5.95 Å². The van der Waals surface area contributed by atoms with Crippen molar-refractivity contribution in [3.63, 3.8) is 0 Å². The van der Waals surface area contributed by atoms with Gasteiger partial charge in [0.2, 0.25) is 0 Å². The van der Waals surface area contributed by atoms with Gasteiger partial charge in [0, 0.05) is 30.6 Å². The maximum Gasteiger partial charge on any atom is 0.200 e. The summed E-state index contributed by atoms with van der Waals surface area (Å²) in [6.45, 7) is 0.659. The van der Waals surface area contributed by atoms with E-state index in [1.807, 2.05) is 4.57 Å². The quantitative estimate of drug-likeness (QED) is 0.805. The van der Waals surface area contributed by atoms with Crippen LogP contribution in [0.1, 0.15) is 12.8 Å². The van der Waals surface area contributed by atoms with Crippen molar-refractivity contribution in [1.82, 2.24) is 9.55 Å². The monoisotopic (exact) mass is 229 g/mol. The van der Waals surface area contributed by atoms with Crippen molar-refractivity contribution in [3.05, 3.63) is 12.4 Å². The van der Waals surface area contributed by atoms with E-state index in [-0.39, 0.29) is 11.2 Å². The van der Waals surface area contributed by atoms with E-state index in [2.05, 4.69) is 4.98 Å². The molecule has 1 saturated carbocycles. The number of nitrogens with zero attached hydrogens (tertiary/aromatic N) is 2. The zero-order valence-electron chi connectivity index (χ0n) is 8.68. The normalized spacial score (nSPS) is 19.0. The summed E-state index contributed by atoms with van der Waals surface area (Å²) in [5, 5.41) is 0. The predicted molar refractivity (Wildman–Crippen MR) is 58.0 cm³/mol. The smallest absolute Gasteiger partial charge is 0.200 e. The van der Waals surface area contributed by atoms with Crippen LogP contribution in [0.2, 0.25) is 0 Å². The highest BCUT2D eigenvalue weighted by atomic mass is 32.2. The van der Waals surface area contributed by atoms with Crippen molar-refractivity contribution in [1.29, 1.82) is 0 Å². The maximum absolute atomic E-state index is 11.2. The molecule has 0 unspecified atom stereocenters. The largest absolute Gasteiger partial charge is 0.369 e. The molecule has 0 bridgehead atoms. The number of hydrogen-bond donors (Lipinski definition) is 1. The van der Waals surface area contributed by atoms with Crippen molar-refractivity contribution in [2.75, 3.05) is 17.7 Å². The van der Waals surface area contributed by atoms with Gasteiger partial charge in [-0.3, -0.25) is 0 Å². The first-order valence-corrected chi connectivity index (χ1v) is 6.91. The minimum Gasteiger partial charge on any atom is -0.369 e. The Balaban J connectivity index is 2.10. The average molecular weight is 229 g/mol. The lowest BCUT2D eigenvalue weighted by atomic mass is 10.1. The molecule has 15 heavy (non-hydrogen) atoms. The minimum atomic E-state index is -2.91. The molecule has 1 aliphatic rings. The summed E-state index contributed by atoms with van der Waals surface area (Å²) in [4.78, 5) is 3.92. The van der Waals surface area contributed by atoms with E-state index in [0.717, 1.165) is 12.8 Å². The summed E-state index contributed by atoms with van der Waals surface area (Å²) < 4.78 is 24.3. The standard InChI is InChI=1S/C9H15N3O2S/c1-15(13,14)7-9(2-3-9)6-12-5-4-11-8(12)10/h4-5H,2-3,6-7H2,1H3,(H2,10,11). The van der Waals surface area contributed by atoms with Crippen molar-refractivity contribution >= 4 is 15.8 Å². The fourth-order valence-corrected chi connectivity index (χ4v) is 3.41. The summed E-state index contributed by atoms with van der Waals surface area (Å²) in [7, 11) is -2.91. The SMILES string of the molecule is CS(=O)(=O)CC1(Cn2ccnc2N)CC1. The molecule has 2 N–H and O–H groups in total. The maximum atomic E-state index is 11.2. The molecule has 0 aliphatic heterocycles. The van der Waals surface area contributed by atoms with Gasteiger partial charge in [0.05, 0.1) is 5.75 Å². The Morgan fingerprint density at radius 2 is 2.27 bits per heavy atom. The molecule has 2 rings (SSSR count). The number of nitrogens with two attached hydrogens (primary N) is 1. The fraction of sp³-hybridized carbons (Fsp3) is 0.667. The number of nitrogen functional groups attached to an aromatic ring is 1. The highest BCUT2D eigenvalue weighted by Gasteiger charge is 2.45. The minimum absolute atomic E-state index is 0.0948. The second kappa shape index (κ2) is 3.23. The Morgan fingerprint density at radius 3 is 2.67 bits per heavy atom. The van der Waals surface area contributed by atoms with Crippen LogP contribution in [-0.4, -0.2) is 30.0 Å². The molecule has 0 aromatic carbocycles. The van der Waals surface area contributed by atoms with Crippen molar-refractivity contribution < 1.29 is 8.42 Å². The second-order valence-electron chi connectivity index (χ2n) is 4.48. The molecule has 0 amide bonds.